The van der Waals surface area contributed by atoms with Gasteiger partial charge in [-0.25, -0.2) is 0 Å². The SMILES string of the molecule is c1ccc(N(c2ccc3c(c2)sc2nc(N(c4ccccc4)c4ccc5c6ccccc6n(-c6ccccc6)c5c4)nnc23)c2ccc3c4ccccc4n(-c4ccccc4)c3c2)cc1. The molecule has 4 aromatic heterocycles. The van der Waals surface area contributed by atoms with Gasteiger partial charge in [0.05, 0.1) is 27.8 Å². The summed E-state index contributed by atoms with van der Waals surface area (Å²) in [7, 11) is 0. The molecule has 0 aliphatic carbocycles. The van der Waals surface area contributed by atoms with E-state index < -0.39 is 0 Å². The third-order valence-corrected chi connectivity index (χ3v) is 13.5. The first kappa shape index (κ1) is 37.0. The standard InChI is InChI=1S/C57H37N7S/c1-5-17-38(18-6-1)61(42-29-32-47-45-25-13-15-27-50(45)63(52(47)35-42)40-21-9-3-10-22-40)44-31-34-49-54(37-44)65-56-55(49)59-60-57(58-56)62(39-19-7-2-8-20-39)43-30-33-48-46-26-14-16-28-51(46)64(53(48)36-43)41-23-11-4-12-24-41/h1-37H. The van der Waals surface area contributed by atoms with Gasteiger partial charge in [-0.15, -0.1) is 21.5 Å². The second-order valence-electron chi connectivity index (χ2n) is 16.2. The fourth-order valence-electron chi connectivity index (χ4n) is 9.56. The summed E-state index contributed by atoms with van der Waals surface area (Å²) in [4.78, 5) is 10.6. The molecule has 306 valence electrons. The third-order valence-electron chi connectivity index (χ3n) is 12.4. The summed E-state index contributed by atoms with van der Waals surface area (Å²) in [6, 6.07) is 79.4. The minimum Gasteiger partial charge on any atom is -0.310 e. The molecule has 13 rings (SSSR count). The topological polar surface area (TPSA) is 55.0 Å². The van der Waals surface area contributed by atoms with Crippen LogP contribution in [0, 0.1) is 0 Å². The maximum atomic E-state index is 5.30. The van der Waals surface area contributed by atoms with E-state index in [2.05, 4.69) is 225 Å². The van der Waals surface area contributed by atoms with Crippen LogP contribution < -0.4 is 9.80 Å². The number of para-hydroxylation sites is 6. The first-order valence-electron chi connectivity index (χ1n) is 21.7. The molecule has 0 radical (unpaired) electrons. The van der Waals surface area contributed by atoms with Crippen LogP contribution in [-0.4, -0.2) is 24.3 Å². The Morgan fingerprint density at radius 1 is 0.338 bits per heavy atom. The van der Waals surface area contributed by atoms with Gasteiger partial charge in [-0.05, 0) is 103 Å². The second kappa shape index (κ2) is 15.0. The van der Waals surface area contributed by atoms with Crippen molar-refractivity contribution in [3.8, 4) is 11.4 Å². The van der Waals surface area contributed by atoms with E-state index in [-0.39, 0.29) is 0 Å². The quantitative estimate of drug-likeness (QED) is 0.152. The Morgan fingerprint density at radius 2 is 0.769 bits per heavy atom. The molecule has 0 spiro atoms. The number of hydrogen-bond acceptors (Lipinski definition) is 6. The third kappa shape index (κ3) is 6.07. The molecule has 0 aliphatic rings. The maximum absolute atomic E-state index is 5.30. The van der Waals surface area contributed by atoms with E-state index in [1.807, 2.05) is 18.2 Å². The smallest absolute Gasteiger partial charge is 0.255 e. The molecule has 0 fully saturated rings. The zero-order chi connectivity index (χ0) is 42.8. The van der Waals surface area contributed by atoms with Gasteiger partial charge in [-0.1, -0.05) is 121 Å². The summed E-state index contributed by atoms with van der Waals surface area (Å²) in [5, 5.41) is 15.6. The molecule has 0 unspecified atom stereocenters. The van der Waals surface area contributed by atoms with Gasteiger partial charge in [-0.2, -0.15) is 4.98 Å². The highest BCUT2D eigenvalue weighted by Gasteiger charge is 2.23. The Morgan fingerprint density at radius 3 is 1.32 bits per heavy atom. The van der Waals surface area contributed by atoms with Crippen LogP contribution >= 0.6 is 11.3 Å². The Kier molecular flexibility index (Phi) is 8.57. The van der Waals surface area contributed by atoms with Crippen molar-refractivity contribution in [2.24, 2.45) is 0 Å². The van der Waals surface area contributed by atoms with Crippen molar-refractivity contribution in [2.45, 2.75) is 0 Å². The number of fused-ring (bicyclic) bond motifs is 9. The van der Waals surface area contributed by atoms with E-state index in [4.69, 9.17) is 15.2 Å². The van der Waals surface area contributed by atoms with Crippen molar-refractivity contribution < 1.29 is 0 Å². The predicted molar refractivity (Wildman–Crippen MR) is 271 cm³/mol. The summed E-state index contributed by atoms with van der Waals surface area (Å²) >= 11 is 1.64. The maximum Gasteiger partial charge on any atom is 0.255 e. The molecular formula is C57H37N7S. The molecule has 13 aromatic rings. The number of nitrogens with zero attached hydrogens (tertiary/aromatic N) is 7. The molecule has 9 aromatic carbocycles. The van der Waals surface area contributed by atoms with Crippen molar-refractivity contribution in [1.29, 1.82) is 0 Å². The van der Waals surface area contributed by atoms with Crippen LogP contribution in [0.25, 0.3) is 75.4 Å². The van der Waals surface area contributed by atoms with E-state index in [1.165, 1.54) is 27.1 Å². The van der Waals surface area contributed by atoms with E-state index in [0.717, 1.165) is 76.8 Å². The van der Waals surface area contributed by atoms with Gasteiger partial charge in [0.25, 0.3) is 5.95 Å². The van der Waals surface area contributed by atoms with Crippen molar-refractivity contribution in [2.75, 3.05) is 9.80 Å². The zero-order valence-electron chi connectivity index (χ0n) is 34.9. The molecule has 0 saturated carbocycles. The van der Waals surface area contributed by atoms with Crippen LogP contribution in [0.4, 0.5) is 34.4 Å². The molecule has 0 amide bonds. The number of anilines is 6. The summed E-state index contributed by atoms with van der Waals surface area (Å²) in [5.41, 5.74) is 12.7. The number of hydrogen-bond donors (Lipinski definition) is 0. The summed E-state index contributed by atoms with van der Waals surface area (Å²) in [6.45, 7) is 0. The van der Waals surface area contributed by atoms with Gasteiger partial charge in [-0.3, -0.25) is 4.90 Å². The lowest BCUT2D eigenvalue weighted by Crippen LogP contribution is -2.14. The lowest BCUT2D eigenvalue weighted by atomic mass is 10.1. The number of benzene rings is 9. The van der Waals surface area contributed by atoms with E-state index >= 15 is 0 Å². The van der Waals surface area contributed by atoms with Crippen LogP contribution in [0.2, 0.25) is 0 Å². The molecule has 0 aliphatic heterocycles. The van der Waals surface area contributed by atoms with Crippen LogP contribution in [0.15, 0.2) is 224 Å². The Bertz CT molecular complexity index is 3640. The van der Waals surface area contributed by atoms with Crippen LogP contribution in [-0.2, 0) is 0 Å². The Labute approximate surface area is 377 Å². The number of aromatic nitrogens is 5. The van der Waals surface area contributed by atoms with Gasteiger partial charge >= 0.3 is 0 Å². The Balaban J connectivity index is 0.949. The van der Waals surface area contributed by atoms with Gasteiger partial charge in [0.2, 0.25) is 0 Å². The molecule has 0 bridgehead atoms. The normalized spacial score (nSPS) is 11.7. The fourth-order valence-corrected chi connectivity index (χ4v) is 10.6. The van der Waals surface area contributed by atoms with E-state index in [9.17, 15) is 0 Å². The largest absolute Gasteiger partial charge is 0.310 e. The fraction of sp³-hybridized carbons (Fsp3) is 0. The highest BCUT2D eigenvalue weighted by molar-refractivity contribution is 7.25. The van der Waals surface area contributed by atoms with Crippen molar-refractivity contribution >= 4 is 110 Å². The van der Waals surface area contributed by atoms with Crippen molar-refractivity contribution in [1.82, 2.24) is 24.3 Å². The number of rotatable bonds is 8. The molecule has 0 N–H and O–H groups in total. The molecular weight excluding hydrogens is 815 g/mol. The van der Waals surface area contributed by atoms with Crippen LogP contribution in [0.1, 0.15) is 0 Å². The van der Waals surface area contributed by atoms with Crippen LogP contribution in [0.3, 0.4) is 0 Å². The highest BCUT2D eigenvalue weighted by atomic mass is 32.1. The van der Waals surface area contributed by atoms with E-state index in [1.54, 1.807) is 11.3 Å². The molecule has 65 heavy (non-hydrogen) atoms. The van der Waals surface area contributed by atoms with Crippen molar-refractivity contribution in [3.63, 3.8) is 0 Å². The summed E-state index contributed by atoms with van der Waals surface area (Å²) in [5.74, 6) is 0.505. The van der Waals surface area contributed by atoms with Gasteiger partial charge in [0.15, 0.2) is 0 Å². The molecule has 0 atom stereocenters. The summed E-state index contributed by atoms with van der Waals surface area (Å²) in [6.07, 6.45) is 0. The minimum atomic E-state index is 0.505. The molecule has 7 nitrogen and oxygen atoms in total. The predicted octanol–water partition coefficient (Wildman–Crippen LogP) is 15.4. The molecule has 8 heteroatoms. The highest BCUT2D eigenvalue weighted by Crippen LogP contribution is 2.44. The molecule has 0 saturated heterocycles. The lowest BCUT2D eigenvalue weighted by molar-refractivity contribution is 0.994. The van der Waals surface area contributed by atoms with Gasteiger partial charge < -0.3 is 14.0 Å². The zero-order valence-corrected chi connectivity index (χ0v) is 35.7. The van der Waals surface area contributed by atoms with Crippen LogP contribution in [0.5, 0.6) is 0 Å². The average molecular weight is 852 g/mol. The monoisotopic (exact) mass is 851 g/mol. The lowest BCUT2D eigenvalue weighted by Gasteiger charge is -2.26. The van der Waals surface area contributed by atoms with Gasteiger partial charge in [0.1, 0.15) is 10.3 Å². The molecule has 4 heterocycles. The van der Waals surface area contributed by atoms with Crippen molar-refractivity contribution in [3.05, 3.63) is 224 Å². The minimum absolute atomic E-state index is 0.505. The van der Waals surface area contributed by atoms with Gasteiger partial charge in [0, 0.05) is 65.8 Å². The second-order valence-corrected chi connectivity index (χ2v) is 17.2. The Hall–Kier alpha value is -8.59. The summed E-state index contributed by atoms with van der Waals surface area (Å²) < 4.78 is 5.79. The van der Waals surface area contributed by atoms with E-state index in [0.29, 0.717) is 5.95 Å². The first-order chi connectivity index (χ1) is 32.2. The first-order valence-corrected chi connectivity index (χ1v) is 22.5. The number of thiophene rings is 1. The average Bonchev–Trinajstić information content (AvgIpc) is 4.02.